The van der Waals surface area contributed by atoms with Gasteiger partial charge in [0.05, 0.1) is 31.1 Å². The number of halogens is 3. The van der Waals surface area contributed by atoms with Crippen LogP contribution in [-0.4, -0.2) is 54.6 Å². The van der Waals surface area contributed by atoms with E-state index in [-0.39, 0.29) is 23.0 Å². The number of nitrogens with zero attached hydrogens (tertiary/aromatic N) is 3. The second kappa shape index (κ2) is 11.8. The number of anilines is 3. The van der Waals surface area contributed by atoms with Crippen molar-refractivity contribution in [3.05, 3.63) is 78.4 Å². The molecule has 4 aromatic rings. The summed E-state index contributed by atoms with van der Waals surface area (Å²) in [6.45, 7) is 0.844. The molecule has 1 unspecified atom stereocenters. The Balaban J connectivity index is 1.49. The number of hydrogen-bond donors (Lipinski definition) is 2. The summed E-state index contributed by atoms with van der Waals surface area (Å²) in [5.41, 5.74) is 1.85. The number of hydrogen-bond acceptors (Lipinski definition) is 7. The van der Waals surface area contributed by atoms with Crippen LogP contribution in [0.2, 0.25) is 0 Å². The number of ether oxygens (including phenoxy) is 2. The Morgan fingerprint density at radius 2 is 1.83 bits per heavy atom. The number of fused-ring (bicyclic) bond motifs is 1. The van der Waals surface area contributed by atoms with Gasteiger partial charge in [0, 0.05) is 29.1 Å². The number of nitrogens with one attached hydrogen (secondary N) is 2. The van der Waals surface area contributed by atoms with Crippen LogP contribution in [0.1, 0.15) is 12.8 Å². The van der Waals surface area contributed by atoms with E-state index in [0.29, 0.717) is 33.7 Å². The van der Waals surface area contributed by atoms with E-state index in [0.717, 1.165) is 25.5 Å². The molecule has 0 saturated carbocycles. The topological polar surface area (TPSA) is 88.6 Å². The molecule has 1 aliphatic heterocycles. The van der Waals surface area contributed by atoms with Gasteiger partial charge in [-0.3, -0.25) is 9.69 Å². The first-order valence-corrected chi connectivity index (χ1v) is 12.9. The second-order valence-electron chi connectivity index (χ2n) is 9.62. The molecule has 0 aliphatic carbocycles. The minimum atomic E-state index is -0.898. The summed E-state index contributed by atoms with van der Waals surface area (Å²) in [7, 11) is 4.81. The van der Waals surface area contributed by atoms with Crippen LogP contribution in [0, 0.1) is 11.6 Å². The molecule has 1 amide bonds. The van der Waals surface area contributed by atoms with Crippen molar-refractivity contribution in [3.63, 3.8) is 0 Å². The molecule has 212 valence electrons. The normalized spacial score (nSPS) is 15.7. The van der Waals surface area contributed by atoms with Crippen LogP contribution >= 0.6 is 0 Å². The van der Waals surface area contributed by atoms with Gasteiger partial charge in [-0.15, -0.1) is 0 Å². The SMILES string of the molecule is COc1cc2ncnc(Nc3cc(-c4ccc(F)cc4F)ccc3OC)c2cc1NC(=O)/C(F)=C\C1CCCN1C. The average molecular weight is 564 g/mol. The van der Waals surface area contributed by atoms with Crippen molar-refractivity contribution in [2.45, 2.75) is 18.9 Å². The third kappa shape index (κ3) is 5.94. The van der Waals surface area contributed by atoms with Crippen LogP contribution < -0.4 is 20.1 Å². The van der Waals surface area contributed by atoms with Crippen molar-refractivity contribution in [2.24, 2.45) is 0 Å². The maximum absolute atomic E-state index is 14.8. The fourth-order valence-electron chi connectivity index (χ4n) is 4.85. The number of benzene rings is 3. The molecule has 11 heteroatoms. The highest BCUT2D eigenvalue weighted by molar-refractivity contribution is 6.05. The highest BCUT2D eigenvalue weighted by Crippen LogP contribution is 2.37. The zero-order valence-corrected chi connectivity index (χ0v) is 22.7. The first kappa shape index (κ1) is 27.9. The molecule has 0 spiro atoms. The van der Waals surface area contributed by atoms with Crippen LogP contribution in [0.5, 0.6) is 11.5 Å². The largest absolute Gasteiger partial charge is 0.495 e. The van der Waals surface area contributed by atoms with E-state index in [1.165, 1.54) is 38.8 Å². The van der Waals surface area contributed by atoms with Crippen LogP contribution in [0.15, 0.2) is 66.8 Å². The monoisotopic (exact) mass is 563 g/mol. The van der Waals surface area contributed by atoms with Crippen LogP contribution in [0.3, 0.4) is 0 Å². The Kier molecular flexibility index (Phi) is 8.06. The number of likely N-dealkylation sites (tertiary alicyclic amines) is 1. The van der Waals surface area contributed by atoms with Crippen LogP contribution in [-0.2, 0) is 4.79 Å². The number of carbonyl (C=O) groups excluding carboxylic acids is 1. The van der Waals surface area contributed by atoms with Crippen molar-refractivity contribution in [1.82, 2.24) is 14.9 Å². The lowest BCUT2D eigenvalue weighted by molar-refractivity contribution is -0.114. The Morgan fingerprint density at radius 1 is 1.02 bits per heavy atom. The predicted molar refractivity (Wildman–Crippen MR) is 151 cm³/mol. The van der Waals surface area contributed by atoms with E-state index in [1.54, 1.807) is 30.3 Å². The zero-order valence-electron chi connectivity index (χ0n) is 22.7. The lowest BCUT2D eigenvalue weighted by Gasteiger charge is -2.16. The third-order valence-corrected chi connectivity index (χ3v) is 7.03. The Labute approximate surface area is 234 Å². The zero-order chi connectivity index (χ0) is 29.1. The Bertz CT molecular complexity index is 1650. The Hall–Kier alpha value is -4.64. The van der Waals surface area contributed by atoms with Gasteiger partial charge in [-0.25, -0.2) is 23.1 Å². The highest BCUT2D eigenvalue weighted by Gasteiger charge is 2.22. The smallest absolute Gasteiger partial charge is 0.284 e. The van der Waals surface area contributed by atoms with Gasteiger partial charge < -0.3 is 20.1 Å². The fourth-order valence-corrected chi connectivity index (χ4v) is 4.85. The molecule has 0 bridgehead atoms. The standard InChI is InChI=1S/C30H28F3N5O3/c1-38-10-4-5-19(38)13-23(33)30(39)37-26-14-21-24(15-28(26)41-3)34-16-35-29(21)36-25-11-17(6-9-27(25)40-2)20-8-7-18(31)12-22(20)32/h6-9,11-16,19H,4-5,10H2,1-3H3,(H,37,39)(H,34,35,36)/b23-13+. The molecule has 1 aromatic heterocycles. The van der Waals surface area contributed by atoms with Crippen molar-refractivity contribution in [2.75, 3.05) is 38.4 Å². The van der Waals surface area contributed by atoms with Crippen molar-refractivity contribution < 1.29 is 27.4 Å². The average Bonchev–Trinajstić information content (AvgIpc) is 3.36. The second-order valence-corrected chi connectivity index (χ2v) is 9.62. The minimum absolute atomic E-state index is 0.141. The summed E-state index contributed by atoms with van der Waals surface area (Å²) in [4.78, 5) is 23.4. The molecule has 2 N–H and O–H groups in total. The molecular weight excluding hydrogens is 535 g/mol. The summed E-state index contributed by atoms with van der Waals surface area (Å²) >= 11 is 0. The van der Waals surface area contributed by atoms with E-state index in [4.69, 9.17) is 9.47 Å². The van der Waals surface area contributed by atoms with Crippen molar-refractivity contribution >= 4 is 34.0 Å². The third-order valence-electron chi connectivity index (χ3n) is 7.03. The van der Waals surface area contributed by atoms with Gasteiger partial charge in [-0.05, 0) is 68.4 Å². The summed E-state index contributed by atoms with van der Waals surface area (Å²) < 4.78 is 53.7. The maximum atomic E-state index is 14.8. The van der Waals surface area contributed by atoms with Gasteiger partial charge in [0.25, 0.3) is 5.91 Å². The lowest BCUT2D eigenvalue weighted by Crippen LogP contribution is -2.24. The van der Waals surface area contributed by atoms with Gasteiger partial charge in [-0.1, -0.05) is 6.07 Å². The summed E-state index contributed by atoms with van der Waals surface area (Å²) in [6.07, 6.45) is 4.39. The molecule has 1 saturated heterocycles. The Morgan fingerprint density at radius 3 is 2.54 bits per heavy atom. The molecule has 3 aromatic carbocycles. The van der Waals surface area contributed by atoms with E-state index in [1.807, 2.05) is 11.9 Å². The van der Waals surface area contributed by atoms with Gasteiger partial charge in [0.2, 0.25) is 0 Å². The predicted octanol–water partition coefficient (Wildman–Crippen LogP) is 6.22. The van der Waals surface area contributed by atoms with Crippen LogP contribution in [0.4, 0.5) is 30.4 Å². The van der Waals surface area contributed by atoms with E-state index >= 15 is 0 Å². The van der Waals surface area contributed by atoms with Crippen molar-refractivity contribution in [3.8, 4) is 22.6 Å². The molecule has 5 rings (SSSR count). The number of rotatable bonds is 8. The first-order chi connectivity index (χ1) is 19.8. The molecular formula is C30H28F3N5O3. The quantitative estimate of drug-likeness (QED) is 0.246. The molecule has 1 fully saturated rings. The van der Waals surface area contributed by atoms with Gasteiger partial charge >= 0.3 is 0 Å². The highest BCUT2D eigenvalue weighted by atomic mass is 19.1. The summed E-state index contributed by atoms with van der Waals surface area (Å²) in [5.74, 6) is -2.10. The number of likely N-dealkylation sites (N-methyl/N-ethyl adjacent to an activating group) is 1. The maximum Gasteiger partial charge on any atom is 0.284 e. The summed E-state index contributed by atoms with van der Waals surface area (Å²) in [6, 6.07) is 11.4. The number of methoxy groups -OCH3 is 2. The van der Waals surface area contributed by atoms with Crippen LogP contribution in [0.25, 0.3) is 22.0 Å². The molecule has 2 heterocycles. The van der Waals surface area contributed by atoms with Gasteiger partial charge in [-0.2, -0.15) is 0 Å². The van der Waals surface area contributed by atoms with E-state index < -0.39 is 23.4 Å². The number of carbonyl (C=O) groups is 1. The lowest BCUT2D eigenvalue weighted by atomic mass is 10.0. The van der Waals surface area contributed by atoms with Gasteiger partial charge in [0.15, 0.2) is 5.83 Å². The molecule has 0 radical (unpaired) electrons. The first-order valence-electron chi connectivity index (χ1n) is 12.9. The minimum Gasteiger partial charge on any atom is -0.495 e. The number of aromatic nitrogens is 2. The number of amides is 1. The van der Waals surface area contributed by atoms with E-state index in [2.05, 4.69) is 20.6 Å². The van der Waals surface area contributed by atoms with Crippen molar-refractivity contribution in [1.29, 1.82) is 0 Å². The van der Waals surface area contributed by atoms with E-state index in [9.17, 15) is 18.0 Å². The molecule has 1 aliphatic rings. The summed E-state index contributed by atoms with van der Waals surface area (Å²) in [5, 5.41) is 6.27. The molecule has 41 heavy (non-hydrogen) atoms. The molecule has 8 nitrogen and oxygen atoms in total. The molecule has 1 atom stereocenters. The van der Waals surface area contributed by atoms with Gasteiger partial charge in [0.1, 0.15) is 35.3 Å². The fraction of sp³-hybridized carbons (Fsp3) is 0.233.